The molecule has 0 aliphatic rings. The first-order chi connectivity index (χ1) is 6.19. The number of nitrogens with one attached hydrogen (secondary N) is 1. The molecule has 72 valence electrons. The Kier molecular flexibility index (Phi) is 2.84. The number of nitrogens with zero attached hydrogens (tertiary/aromatic N) is 3. The number of aliphatic carboxylic acids is 1. The van der Waals surface area contributed by atoms with Gasteiger partial charge in [0.1, 0.15) is 12.2 Å². The fourth-order valence-electron chi connectivity index (χ4n) is 1.12. The third-order valence-corrected chi connectivity index (χ3v) is 1.68. The van der Waals surface area contributed by atoms with Crippen LogP contribution in [-0.2, 0) is 17.8 Å². The number of carboxylic acids is 1. The quantitative estimate of drug-likeness (QED) is 0.686. The molecule has 6 nitrogen and oxygen atoms in total. The molecule has 0 aliphatic heterocycles. The van der Waals surface area contributed by atoms with Gasteiger partial charge in [0.25, 0.3) is 0 Å². The van der Waals surface area contributed by atoms with Gasteiger partial charge in [0, 0.05) is 13.6 Å². The van der Waals surface area contributed by atoms with Gasteiger partial charge in [0.2, 0.25) is 5.95 Å². The third-order valence-electron chi connectivity index (χ3n) is 1.68. The third kappa shape index (κ3) is 1.95. The van der Waals surface area contributed by atoms with Crippen LogP contribution in [0.3, 0.4) is 0 Å². The largest absolute Gasteiger partial charge is 0.481 e. The van der Waals surface area contributed by atoms with Crippen LogP contribution in [0.1, 0.15) is 12.7 Å². The van der Waals surface area contributed by atoms with Crippen molar-refractivity contribution >= 4 is 11.9 Å². The highest BCUT2D eigenvalue weighted by Crippen LogP contribution is 2.06. The van der Waals surface area contributed by atoms with E-state index in [1.54, 1.807) is 11.6 Å². The zero-order chi connectivity index (χ0) is 9.84. The van der Waals surface area contributed by atoms with E-state index in [1.807, 2.05) is 6.92 Å². The fraction of sp³-hybridized carbons (Fsp3) is 0.571. The van der Waals surface area contributed by atoms with Gasteiger partial charge in [-0.15, -0.1) is 10.2 Å². The molecule has 0 spiro atoms. The number of hydrogen-bond donors (Lipinski definition) is 2. The second kappa shape index (κ2) is 3.88. The van der Waals surface area contributed by atoms with Crippen LogP contribution < -0.4 is 5.32 Å². The van der Waals surface area contributed by atoms with Gasteiger partial charge in [-0.2, -0.15) is 0 Å². The summed E-state index contributed by atoms with van der Waals surface area (Å²) < 4.78 is 1.73. The molecule has 0 atom stereocenters. The van der Waals surface area contributed by atoms with E-state index >= 15 is 0 Å². The number of rotatable bonds is 4. The summed E-state index contributed by atoms with van der Waals surface area (Å²) in [4.78, 5) is 10.4. The fourth-order valence-corrected chi connectivity index (χ4v) is 1.12. The topological polar surface area (TPSA) is 80.0 Å². The Morgan fingerprint density at radius 3 is 2.77 bits per heavy atom. The molecule has 0 amide bonds. The van der Waals surface area contributed by atoms with Crippen LogP contribution in [0.15, 0.2) is 0 Å². The van der Waals surface area contributed by atoms with E-state index in [0.29, 0.717) is 18.3 Å². The van der Waals surface area contributed by atoms with Gasteiger partial charge in [0.05, 0.1) is 0 Å². The molecule has 2 N–H and O–H groups in total. The molecule has 13 heavy (non-hydrogen) atoms. The van der Waals surface area contributed by atoms with Gasteiger partial charge in [-0.05, 0) is 6.92 Å². The van der Waals surface area contributed by atoms with Crippen molar-refractivity contribution in [2.45, 2.75) is 19.9 Å². The van der Waals surface area contributed by atoms with Crippen molar-refractivity contribution < 1.29 is 9.90 Å². The number of anilines is 1. The van der Waals surface area contributed by atoms with E-state index < -0.39 is 5.97 Å². The average molecular weight is 184 g/mol. The van der Waals surface area contributed by atoms with Gasteiger partial charge < -0.3 is 10.4 Å². The first kappa shape index (κ1) is 9.50. The molecule has 1 aromatic rings. The Balaban J connectivity index is 2.93. The highest BCUT2D eigenvalue weighted by atomic mass is 16.4. The maximum atomic E-state index is 10.4. The van der Waals surface area contributed by atoms with E-state index in [9.17, 15) is 4.79 Å². The zero-order valence-electron chi connectivity index (χ0n) is 7.61. The number of hydrogen-bond acceptors (Lipinski definition) is 4. The molecule has 6 heteroatoms. The lowest BCUT2D eigenvalue weighted by Gasteiger charge is -2.04. The van der Waals surface area contributed by atoms with Crippen LogP contribution in [0.2, 0.25) is 0 Å². The minimum atomic E-state index is -0.898. The van der Waals surface area contributed by atoms with Crippen molar-refractivity contribution in [3.63, 3.8) is 0 Å². The Bertz CT molecular complexity index is 307. The number of aromatic nitrogens is 3. The molecule has 0 saturated heterocycles. The molecule has 0 saturated carbocycles. The molecule has 1 aromatic heterocycles. The van der Waals surface area contributed by atoms with E-state index in [2.05, 4.69) is 15.5 Å². The van der Waals surface area contributed by atoms with Crippen molar-refractivity contribution in [1.82, 2.24) is 14.8 Å². The van der Waals surface area contributed by atoms with Crippen molar-refractivity contribution in [2.24, 2.45) is 0 Å². The predicted molar refractivity (Wildman–Crippen MR) is 46.6 cm³/mol. The van der Waals surface area contributed by atoms with E-state index in [0.717, 1.165) is 0 Å². The van der Waals surface area contributed by atoms with Crippen LogP contribution in [-0.4, -0.2) is 32.9 Å². The van der Waals surface area contributed by atoms with Crippen LogP contribution >= 0.6 is 0 Å². The smallest absolute Gasteiger partial charge is 0.311 e. The van der Waals surface area contributed by atoms with Gasteiger partial charge >= 0.3 is 5.97 Å². The number of carboxylic acid groups (broad SMARTS) is 1. The summed E-state index contributed by atoms with van der Waals surface area (Å²) >= 11 is 0. The van der Waals surface area contributed by atoms with E-state index in [4.69, 9.17) is 5.11 Å². The first-order valence-corrected chi connectivity index (χ1v) is 4.00. The zero-order valence-corrected chi connectivity index (χ0v) is 7.61. The molecular formula is C7H12N4O2. The normalized spacial score (nSPS) is 10.0. The Morgan fingerprint density at radius 2 is 2.31 bits per heavy atom. The van der Waals surface area contributed by atoms with E-state index in [-0.39, 0.29) is 6.42 Å². The molecular weight excluding hydrogens is 172 g/mol. The lowest BCUT2D eigenvalue weighted by Crippen LogP contribution is -2.10. The minimum absolute atomic E-state index is 0.0947. The molecule has 1 rings (SSSR count). The van der Waals surface area contributed by atoms with E-state index in [1.165, 1.54) is 0 Å². The van der Waals surface area contributed by atoms with Gasteiger partial charge in [-0.25, -0.2) is 0 Å². The van der Waals surface area contributed by atoms with Crippen LogP contribution in [0.5, 0.6) is 0 Å². The van der Waals surface area contributed by atoms with Crippen LogP contribution in [0.4, 0.5) is 5.95 Å². The summed E-state index contributed by atoms with van der Waals surface area (Å²) in [5, 5.41) is 19.0. The van der Waals surface area contributed by atoms with Crippen molar-refractivity contribution in [2.75, 3.05) is 12.4 Å². The minimum Gasteiger partial charge on any atom is -0.481 e. The second-order valence-electron chi connectivity index (χ2n) is 2.50. The standard InChI is InChI=1S/C7H12N4O2/c1-3-11-5(4-6(12)13)9-10-7(11)8-2/h3-4H2,1-2H3,(H,8,10)(H,12,13). The highest BCUT2D eigenvalue weighted by molar-refractivity contribution is 5.69. The summed E-state index contributed by atoms with van der Waals surface area (Å²) in [6, 6.07) is 0. The maximum Gasteiger partial charge on any atom is 0.311 e. The lowest BCUT2D eigenvalue weighted by molar-refractivity contribution is -0.136. The molecule has 0 bridgehead atoms. The summed E-state index contributed by atoms with van der Waals surface area (Å²) in [5.74, 6) is 0.169. The Hall–Kier alpha value is -1.59. The Morgan fingerprint density at radius 1 is 1.62 bits per heavy atom. The highest BCUT2D eigenvalue weighted by Gasteiger charge is 2.11. The second-order valence-corrected chi connectivity index (χ2v) is 2.50. The average Bonchev–Trinajstić information content (AvgIpc) is 2.45. The van der Waals surface area contributed by atoms with Crippen molar-refractivity contribution in [3.8, 4) is 0 Å². The summed E-state index contributed by atoms with van der Waals surface area (Å²) in [7, 11) is 1.72. The van der Waals surface area contributed by atoms with Gasteiger partial charge in [0.15, 0.2) is 0 Å². The molecule has 0 radical (unpaired) electrons. The predicted octanol–water partition coefficient (Wildman–Crippen LogP) is -0.0332. The molecule has 0 aliphatic carbocycles. The van der Waals surface area contributed by atoms with Crippen molar-refractivity contribution in [3.05, 3.63) is 5.82 Å². The SMILES string of the molecule is CCn1c(CC(=O)O)nnc1NC. The summed E-state index contributed by atoms with van der Waals surface area (Å²) in [5.41, 5.74) is 0. The van der Waals surface area contributed by atoms with Gasteiger partial charge in [-0.3, -0.25) is 9.36 Å². The molecule has 0 fully saturated rings. The van der Waals surface area contributed by atoms with Crippen LogP contribution in [0.25, 0.3) is 0 Å². The number of carbonyl (C=O) groups is 1. The monoisotopic (exact) mass is 184 g/mol. The van der Waals surface area contributed by atoms with Crippen molar-refractivity contribution in [1.29, 1.82) is 0 Å². The Labute approximate surface area is 75.6 Å². The lowest BCUT2D eigenvalue weighted by atomic mass is 10.4. The molecule has 1 heterocycles. The maximum absolute atomic E-state index is 10.4. The molecule has 0 aromatic carbocycles. The summed E-state index contributed by atoms with van der Waals surface area (Å²) in [6.45, 7) is 2.57. The molecule has 0 unspecified atom stereocenters. The first-order valence-electron chi connectivity index (χ1n) is 4.00. The van der Waals surface area contributed by atoms with Gasteiger partial charge in [-0.1, -0.05) is 0 Å². The summed E-state index contributed by atoms with van der Waals surface area (Å²) in [6.07, 6.45) is -0.0947. The van der Waals surface area contributed by atoms with Crippen LogP contribution in [0, 0.1) is 0 Å².